The van der Waals surface area contributed by atoms with E-state index in [1.807, 2.05) is 57.2 Å². The summed E-state index contributed by atoms with van der Waals surface area (Å²) in [5.41, 5.74) is 5.77. The van der Waals surface area contributed by atoms with Crippen LogP contribution in [0.2, 0.25) is 0 Å². The molecule has 3 rings (SSSR count). The van der Waals surface area contributed by atoms with E-state index in [0.29, 0.717) is 11.1 Å². The SMILES string of the molecule is Cc1cccc(NC(=O)c2ccc(C(=O)Nc3cc(C)cc(C)c3)cc2)c1. The first-order chi connectivity index (χ1) is 12.9. The first kappa shape index (κ1) is 18.4. The van der Waals surface area contributed by atoms with Crippen molar-refractivity contribution in [2.24, 2.45) is 0 Å². The van der Waals surface area contributed by atoms with Crippen LogP contribution >= 0.6 is 0 Å². The van der Waals surface area contributed by atoms with Gasteiger partial charge in [-0.15, -0.1) is 0 Å². The van der Waals surface area contributed by atoms with Gasteiger partial charge in [-0.1, -0.05) is 18.2 Å². The van der Waals surface area contributed by atoms with E-state index in [1.54, 1.807) is 24.3 Å². The molecular weight excluding hydrogens is 336 g/mol. The maximum Gasteiger partial charge on any atom is 0.255 e. The lowest BCUT2D eigenvalue weighted by Gasteiger charge is -2.09. The number of hydrogen-bond acceptors (Lipinski definition) is 2. The summed E-state index contributed by atoms with van der Waals surface area (Å²) in [6.45, 7) is 5.95. The van der Waals surface area contributed by atoms with E-state index in [9.17, 15) is 9.59 Å². The third-order valence-electron chi connectivity index (χ3n) is 4.16. The molecule has 0 aromatic heterocycles. The molecule has 136 valence electrons. The molecule has 0 aliphatic heterocycles. The summed E-state index contributed by atoms with van der Waals surface area (Å²) in [6, 6.07) is 20.1. The van der Waals surface area contributed by atoms with Crippen LogP contribution in [0.3, 0.4) is 0 Å². The van der Waals surface area contributed by atoms with Crippen molar-refractivity contribution in [1.29, 1.82) is 0 Å². The normalized spacial score (nSPS) is 10.3. The Labute approximate surface area is 159 Å². The van der Waals surface area contributed by atoms with E-state index >= 15 is 0 Å². The molecule has 3 aromatic rings. The number of carbonyl (C=O) groups excluding carboxylic acids is 2. The minimum atomic E-state index is -0.207. The van der Waals surface area contributed by atoms with Crippen LogP contribution in [0.15, 0.2) is 66.7 Å². The monoisotopic (exact) mass is 358 g/mol. The predicted molar refractivity (Wildman–Crippen MR) is 109 cm³/mol. The molecule has 0 saturated carbocycles. The van der Waals surface area contributed by atoms with E-state index in [1.165, 1.54) is 0 Å². The lowest BCUT2D eigenvalue weighted by atomic mass is 10.1. The Morgan fingerprint density at radius 1 is 0.593 bits per heavy atom. The molecule has 0 spiro atoms. The van der Waals surface area contributed by atoms with Crippen molar-refractivity contribution >= 4 is 23.2 Å². The first-order valence-corrected chi connectivity index (χ1v) is 8.78. The Morgan fingerprint density at radius 2 is 1.07 bits per heavy atom. The fourth-order valence-corrected chi connectivity index (χ4v) is 2.95. The molecule has 27 heavy (non-hydrogen) atoms. The molecule has 0 atom stereocenters. The molecule has 0 radical (unpaired) electrons. The number of nitrogens with one attached hydrogen (secondary N) is 2. The Morgan fingerprint density at radius 3 is 1.59 bits per heavy atom. The maximum absolute atomic E-state index is 12.4. The molecule has 3 aromatic carbocycles. The molecule has 0 unspecified atom stereocenters. The molecule has 4 nitrogen and oxygen atoms in total. The van der Waals surface area contributed by atoms with Crippen LogP contribution in [0, 0.1) is 20.8 Å². The summed E-state index contributed by atoms with van der Waals surface area (Å²) >= 11 is 0. The zero-order chi connectivity index (χ0) is 19.4. The molecule has 2 N–H and O–H groups in total. The molecule has 0 aliphatic carbocycles. The molecule has 0 fully saturated rings. The third-order valence-corrected chi connectivity index (χ3v) is 4.16. The van der Waals surface area contributed by atoms with Gasteiger partial charge in [0.25, 0.3) is 11.8 Å². The smallest absolute Gasteiger partial charge is 0.255 e. The minimum absolute atomic E-state index is 0.203. The molecule has 0 bridgehead atoms. The Balaban J connectivity index is 1.68. The molecular formula is C23H22N2O2. The fourth-order valence-electron chi connectivity index (χ4n) is 2.95. The zero-order valence-electron chi connectivity index (χ0n) is 15.7. The Kier molecular flexibility index (Phi) is 5.36. The van der Waals surface area contributed by atoms with E-state index in [4.69, 9.17) is 0 Å². The number of aryl methyl sites for hydroxylation is 3. The predicted octanol–water partition coefficient (Wildman–Crippen LogP) is 5.12. The van der Waals surface area contributed by atoms with Crippen LogP contribution in [0.25, 0.3) is 0 Å². The number of benzene rings is 3. The van der Waals surface area contributed by atoms with Crippen molar-refractivity contribution in [3.63, 3.8) is 0 Å². The second kappa shape index (κ2) is 7.87. The summed E-state index contributed by atoms with van der Waals surface area (Å²) in [5, 5.41) is 5.76. The van der Waals surface area contributed by atoms with Crippen molar-refractivity contribution in [2.45, 2.75) is 20.8 Å². The van der Waals surface area contributed by atoms with Crippen LogP contribution < -0.4 is 10.6 Å². The lowest BCUT2D eigenvalue weighted by molar-refractivity contribution is 0.101. The standard InChI is InChI=1S/C23H22N2O2/c1-15-5-4-6-20(12-15)24-22(26)18-7-9-19(10-8-18)23(27)25-21-13-16(2)11-17(3)14-21/h4-14H,1-3H3,(H,24,26)(H,25,27). The van der Waals surface area contributed by atoms with E-state index in [-0.39, 0.29) is 11.8 Å². The van der Waals surface area contributed by atoms with Gasteiger partial charge in [0.2, 0.25) is 0 Å². The van der Waals surface area contributed by atoms with Crippen LogP contribution in [0.1, 0.15) is 37.4 Å². The van der Waals surface area contributed by atoms with Crippen molar-refractivity contribution in [3.05, 3.63) is 94.5 Å². The topological polar surface area (TPSA) is 58.2 Å². The Bertz CT molecular complexity index is 971. The largest absolute Gasteiger partial charge is 0.322 e. The quantitative estimate of drug-likeness (QED) is 0.680. The van der Waals surface area contributed by atoms with E-state index in [0.717, 1.165) is 28.1 Å². The molecule has 0 heterocycles. The highest BCUT2D eigenvalue weighted by Gasteiger charge is 2.10. The average molecular weight is 358 g/mol. The summed E-state index contributed by atoms with van der Waals surface area (Å²) in [7, 11) is 0. The first-order valence-electron chi connectivity index (χ1n) is 8.78. The van der Waals surface area contributed by atoms with Crippen molar-refractivity contribution < 1.29 is 9.59 Å². The van der Waals surface area contributed by atoms with Gasteiger partial charge in [0.15, 0.2) is 0 Å². The number of anilines is 2. The van der Waals surface area contributed by atoms with E-state index in [2.05, 4.69) is 16.7 Å². The minimum Gasteiger partial charge on any atom is -0.322 e. The Hall–Kier alpha value is -3.40. The van der Waals surface area contributed by atoms with Gasteiger partial charge in [0.05, 0.1) is 0 Å². The number of hydrogen-bond donors (Lipinski definition) is 2. The van der Waals surface area contributed by atoms with Gasteiger partial charge >= 0.3 is 0 Å². The van der Waals surface area contributed by atoms with Gasteiger partial charge in [-0.2, -0.15) is 0 Å². The van der Waals surface area contributed by atoms with Crippen LogP contribution in [-0.2, 0) is 0 Å². The zero-order valence-corrected chi connectivity index (χ0v) is 15.7. The van der Waals surface area contributed by atoms with Gasteiger partial charge < -0.3 is 10.6 Å². The van der Waals surface area contributed by atoms with Crippen molar-refractivity contribution in [2.75, 3.05) is 10.6 Å². The summed E-state index contributed by atoms with van der Waals surface area (Å²) in [6.07, 6.45) is 0. The second-order valence-corrected chi connectivity index (χ2v) is 6.73. The molecule has 2 amide bonds. The molecule has 0 aliphatic rings. The van der Waals surface area contributed by atoms with Gasteiger partial charge in [0, 0.05) is 22.5 Å². The van der Waals surface area contributed by atoms with Gasteiger partial charge in [-0.05, 0) is 86.0 Å². The van der Waals surface area contributed by atoms with Gasteiger partial charge in [0.1, 0.15) is 0 Å². The van der Waals surface area contributed by atoms with Crippen molar-refractivity contribution in [3.8, 4) is 0 Å². The summed E-state index contributed by atoms with van der Waals surface area (Å²) < 4.78 is 0. The number of carbonyl (C=O) groups is 2. The highest BCUT2D eigenvalue weighted by Crippen LogP contribution is 2.16. The average Bonchev–Trinajstić information content (AvgIpc) is 2.61. The van der Waals surface area contributed by atoms with Crippen LogP contribution in [0.4, 0.5) is 11.4 Å². The number of amides is 2. The van der Waals surface area contributed by atoms with Crippen molar-refractivity contribution in [1.82, 2.24) is 0 Å². The molecule has 4 heteroatoms. The highest BCUT2D eigenvalue weighted by molar-refractivity contribution is 6.07. The van der Waals surface area contributed by atoms with E-state index < -0.39 is 0 Å². The lowest BCUT2D eigenvalue weighted by Crippen LogP contribution is -2.14. The van der Waals surface area contributed by atoms with Crippen LogP contribution in [0.5, 0.6) is 0 Å². The maximum atomic E-state index is 12.4. The van der Waals surface area contributed by atoms with Gasteiger partial charge in [-0.3, -0.25) is 9.59 Å². The summed E-state index contributed by atoms with van der Waals surface area (Å²) in [4.78, 5) is 24.8. The third kappa shape index (κ3) is 4.82. The number of rotatable bonds is 4. The van der Waals surface area contributed by atoms with Crippen LogP contribution in [-0.4, -0.2) is 11.8 Å². The second-order valence-electron chi connectivity index (χ2n) is 6.73. The highest BCUT2D eigenvalue weighted by atomic mass is 16.2. The van der Waals surface area contributed by atoms with Gasteiger partial charge in [-0.25, -0.2) is 0 Å². The molecule has 0 saturated heterocycles. The summed E-state index contributed by atoms with van der Waals surface area (Å²) in [5.74, 6) is -0.410. The fraction of sp³-hybridized carbons (Fsp3) is 0.130.